The molecule has 2 rings (SSSR count). The van der Waals surface area contributed by atoms with Gasteiger partial charge in [-0.15, -0.1) is 0 Å². The minimum atomic E-state index is -0.982. The number of amides is 1. The van der Waals surface area contributed by atoms with Crippen LogP contribution in [0.15, 0.2) is 30.3 Å². The van der Waals surface area contributed by atoms with Gasteiger partial charge >= 0.3 is 5.97 Å². The molecule has 1 saturated heterocycles. The molecule has 2 atom stereocenters. The number of ether oxygens (including phenoxy) is 1. The molecule has 1 aliphatic heterocycles. The molecule has 5 heteroatoms. The predicted molar refractivity (Wildman–Crippen MR) is 64.3 cm³/mol. The van der Waals surface area contributed by atoms with Crippen LogP contribution in [0.3, 0.4) is 0 Å². The van der Waals surface area contributed by atoms with E-state index >= 15 is 0 Å². The standard InChI is InChI=1S/C13H15NO4/c1-9(15)14-8-11(7-12(14)13(16)17)18-10-5-3-2-4-6-10/h2-6,11-12H,7-8H2,1H3,(H,16,17)/t11-,12-/m0/s1. The smallest absolute Gasteiger partial charge is 0.326 e. The van der Waals surface area contributed by atoms with Gasteiger partial charge in [-0.25, -0.2) is 4.79 Å². The third-order valence-electron chi connectivity index (χ3n) is 3.00. The van der Waals surface area contributed by atoms with Gasteiger partial charge in [0.15, 0.2) is 0 Å². The number of hydrogen-bond donors (Lipinski definition) is 1. The summed E-state index contributed by atoms with van der Waals surface area (Å²) in [5, 5.41) is 9.07. The first kappa shape index (κ1) is 12.4. The van der Waals surface area contributed by atoms with Crippen molar-refractivity contribution in [2.75, 3.05) is 6.54 Å². The van der Waals surface area contributed by atoms with Crippen molar-refractivity contribution in [2.24, 2.45) is 0 Å². The maximum atomic E-state index is 11.4. The van der Waals surface area contributed by atoms with E-state index in [9.17, 15) is 9.59 Å². The van der Waals surface area contributed by atoms with E-state index in [4.69, 9.17) is 9.84 Å². The summed E-state index contributed by atoms with van der Waals surface area (Å²) in [7, 11) is 0. The maximum absolute atomic E-state index is 11.4. The minimum absolute atomic E-state index is 0.235. The fourth-order valence-electron chi connectivity index (χ4n) is 2.16. The van der Waals surface area contributed by atoms with E-state index in [2.05, 4.69) is 0 Å². The fraction of sp³-hybridized carbons (Fsp3) is 0.385. The second-order valence-electron chi connectivity index (χ2n) is 4.31. The number of carbonyl (C=O) groups excluding carboxylic acids is 1. The highest BCUT2D eigenvalue weighted by Crippen LogP contribution is 2.23. The molecule has 5 nitrogen and oxygen atoms in total. The van der Waals surface area contributed by atoms with Gasteiger partial charge < -0.3 is 14.7 Å². The number of likely N-dealkylation sites (tertiary alicyclic amines) is 1. The molecule has 1 aromatic rings. The van der Waals surface area contributed by atoms with Crippen molar-refractivity contribution in [3.8, 4) is 5.75 Å². The van der Waals surface area contributed by atoms with Crippen molar-refractivity contribution in [1.82, 2.24) is 4.90 Å². The Morgan fingerprint density at radius 1 is 1.33 bits per heavy atom. The highest BCUT2D eigenvalue weighted by atomic mass is 16.5. The molecule has 0 aliphatic carbocycles. The van der Waals surface area contributed by atoms with Gasteiger partial charge in [-0.2, -0.15) is 0 Å². The zero-order chi connectivity index (χ0) is 13.1. The highest BCUT2D eigenvalue weighted by Gasteiger charge is 2.39. The summed E-state index contributed by atoms with van der Waals surface area (Å²) in [6.45, 7) is 1.70. The quantitative estimate of drug-likeness (QED) is 0.872. The van der Waals surface area contributed by atoms with Crippen LogP contribution < -0.4 is 4.74 Å². The van der Waals surface area contributed by atoms with Gasteiger partial charge in [0.1, 0.15) is 17.9 Å². The predicted octanol–water partition coefficient (Wildman–Crippen LogP) is 1.14. The van der Waals surface area contributed by atoms with Gasteiger partial charge in [0.25, 0.3) is 0 Å². The Labute approximate surface area is 105 Å². The van der Waals surface area contributed by atoms with Crippen LogP contribution in [-0.4, -0.2) is 40.6 Å². The Morgan fingerprint density at radius 3 is 2.50 bits per heavy atom. The van der Waals surface area contributed by atoms with Crippen LogP contribution in [0.2, 0.25) is 0 Å². The van der Waals surface area contributed by atoms with Gasteiger partial charge in [-0.3, -0.25) is 4.79 Å². The van der Waals surface area contributed by atoms with E-state index in [0.717, 1.165) is 0 Å². The first-order chi connectivity index (χ1) is 8.58. The molecule has 0 unspecified atom stereocenters. The molecule has 0 aromatic heterocycles. The van der Waals surface area contributed by atoms with E-state index in [1.807, 2.05) is 30.3 Å². The van der Waals surface area contributed by atoms with Crippen LogP contribution in [-0.2, 0) is 9.59 Å². The third kappa shape index (κ3) is 2.61. The molecule has 1 heterocycles. The van der Waals surface area contributed by atoms with Gasteiger partial charge in [0, 0.05) is 13.3 Å². The number of carbonyl (C=O) groups is 2. The zero-order valence-electron chi connectivity index (χ0n) is 10.1. The van der Waals surface area contributed by atoms with E-state index in [0.29, 0.717) is 18.7 Å². The molecule has 1 fully saturated rings. The average molecular weight is 249 g/mol. The summed E-state index contributed by atoms with van der Waals surface area (Å²) in [5.74, 6) is -0.525. The monoisotopic (exact) mass is 249 g/mol. The normalized spacial score (nSPS) is 22.8. The molecule has 0 radical (unpaired) electrons. The Hall–Kier alpha value is -2.04. The molecule has 1 N–H and O–H groups in total. The number of carboxylic acids is 1. The van der Waals surface area contributed by atoms with E-state index < -0.39 is 12.0 Å². The first-order valence-corrected chi connectivity index (χ1v) is 5.79. The van der Waals surface area contributed by atoms with Crippen LogP contribution in [0.1, 0.15) is 13.3 Å². The summed E-state index contributed by atoms with van der Waals surface area (Å²) < 4.78 is 5.68. The fourth-order valence-corrected chi connectivity index (χ4v) is 2.16. The molecular weight excluding hydrogens is 234 g/mol. The summed E-state index contributed by atoms with van der Waals surface area (Å²) in [5.41, 5.74) is 0. The van der Waals surface area contributed by atoms with Gasteiger partial charge in [-0.1, -0.05) is 18.2 Å². The van der Waals surface area contributed by atoms with Gasteiger partial charge in [-0.05, 0) is 12.1 Å². The number of hydrogen-bond acceptors (Lipinski definition) is 3. The van der Waals surface area contributed by atoms with Crippen LogP contribution in [0.5, 0.6) is 5.75 Å². The lowest BCUT2D eigenvalue weighted by molar-refractivity contribution is -0.147. The number of nitrogens with zero attached hydrogens (tertiary/aromatic N) is 1. The molecule has 1 amide bonds. The maximum Gasteiger partial charge on any atom is 0.326 e. The zero-order valence-corrected chi connectivity index (χ0v) is 10.1. The third-order valence-corrected chi connectivity index (χ3v) is 3.00. The van der Waals surface area contributed by atoms with Crippen molar-refractivity contribution in [3.63, 3.8) is 0 Å². The summed E-state index contributed by atoms with van der Waals surface area (Å²) in [6.07, 6.45) is 0.0569. The Morgan fingerprint density at radius 2 is 2.00 bits per heavy atom. The van der Waals surface area contributed by atoms with Crippen LogP contribution in [0, 0.1) is 0 Å². The van der Waals surface area contributed by atoms with Gasteiger partial charge in [0.05, 0.1) is 6.54 Å². The Kier molecular flexibility index (Phi) is 3.50. The Bertz CT molecular complexity index is 424. The molecular formula is C13H15NO4. The molecule has 96 valence electrons. The first-order valence-electron chi connectivity index (χ1n) is 5.79. The lowest BCUT2D eigenvalue weighted by atomic mass is 10.2. The number of para-hydroxylation sites is 1. The second kappa shape index (κ2) is 5.08. The average Bonchev–Trinajstić information content (AvgIpc) is 2.74. The van der Waals surface area contributed by atoms with Crippen molar-refractivity contribution in [1.29, 1.82) is 0 Å². The SMILES string of the molecule is CC(=O)N1C[C@@H](Oc2ccccc2)C[C@H]1C(=O)O. The molecule has 18 heavy (non-hydrogen) atoms. The van der Waals surface area contributed by atoms with Crippen LogP contribution >= 0.6 is 0 Å². The number of rotatable bonds is 3. The number of aliphatic carboxylic acids is 1. The van der Waals surface area contributed by atoms with Crippen LogP contribution in [0.4, 0.5) is 0 Å². The van der Waals surface area contributed by atoms with Gasteiger partial charge in [0.2, 0.25) is 5.91 Å². The number of benzene rings is 1. The molecule has 0 bridgehead atoms. The summed E-state index contributed by atoms with van der Waals surface area (Å²) in [6, 6.07) is 8.42. The van der Waals surface area contributed by atoms with Crippen LogP contribution in [0.25, 0.3) is 0 Å². The topological polar surface area (TPSA) is 66.8 Å². The second-order valence-corrected chi connectivity index (χ2v) is 4.31. The molecule has 0 saturated carbocycles. The van der Waals surface area contributed by atoms with Crippen molar-refractivity contribution in [2.45, 2.75) is 25.5 Å². The largest absolute Gasteiger partial charge is 0.488 e. The van der Waals surface area contributed by atoms with Crippen molar-refractivity contribution in [3.05, 3.63) is 30.3 Å². The van der Waals surface area contributed by atoms with E-state index in [-0.39, 0.29) is 12.0 Å². The Balaban J connectivity index is 2.05. The summed E-state index contributed by atoms with van der Waals surface area (Å²) >= 11 is 0. The number of carboxylic acid groups (broad SMARTS) is 1. The molecule has 0 spiro atoms. The molecule has 1 aliphatic rings. The lowest BCUT2D eigenvalue weighted by Crippen LogP contribution is -2.39. The highest BCUT2D eigenvalue weighted by molar-refractivity contribution is 5.83. The van der Waals surface area contributed by atoms with Crippen molar-refractivity contribution < 1.29 is 19.4 Å². The minimum Gasteiger partial charge on any atom is -0.488 e. The molecule has 1 aromatic carbocycles. The van der Waals surface area contributed by atoms with E-state index in [1.54, 1.807) is 0 Å². The lowest BCUT2D eigenvalue weighted by Gasteiger charge is -2.18. The van der Waals surface area contributed by atoms with Crippen molar-refractivity contribution >= 4 is 11.9 Å². The summed E-state index contributed by atoms with van der Waals surface area (Å²) in [4.78, 5) is 23.8. The van der Waals surface area contributed by atoms with E-state index in [1.165, 1.54) is 11.8 Å².